The van der Waals surface area contributed by atoms with Crippen molar-refractivity contribution in [3.63, 3.8) is 0 Å². The molecule has 0 atom stereocenters. The van der Waals surface area contributed by atoms with Gasteiger partial charge in [0.05, 0.1) is 13.7 Å². The molecule has 1 aromatic carbocycles. The Labute approximate surface area is 118 Å². The predicted molar refractivity (Wildman–Crippen MR) is 77.6 cm³/mol. The number of ether oxygens (including phenoxy) is 2. The molecule has 0 radical (unpaired) electrons. The summed E-state index contributed by atoms with van der Waals surface area (Å²) in [6.07, 6.45) is -0.590. The Morgan fingerprint density at radius 1 is 1.26 bits per heavy atom. The molecule has 104 valence electrons. The smallest absolute Gasteiger partial charge is 0.413 e. The van der Waals surface area contributed by atoms with Gasteiger partial charge in [-0.05, 0) is 49.3 Å². The second kappa shape index (κ2) is 7.58. The van der Waals surface area contributed by atoms with Crippen LogP contribution in [0.3, 0.4) is 0 Å². The van der Waals surface area contributed by atoms with Crippen LogP contribution in [0.15, 0.2) is 18.2 Å². The summed E-state index contributed by atoms with van der Waals surface area (Å²) in [6.45, 7) is 4.99. The minimum Gasteiger partial charge on any atom is -0.492 e. The van der Waals surface area contributed by atoms with Crippen LogP contribution in [-0.4, -0.2) is 31.5 Å². The lowest BCUT2D eigenvalue weighted by Gasteiger charge is -2.10. The van der Waals surface area contributed by atoms with Crippen molar-refractivity contribution in [2.45, 2.75) is 13.8 Å². The van der Waals surface area contributed by atoms with Crippen LogP contribution >= 0.6 is 12.2 Å². The number of alkyl carbamates (subject to hydrolysis) is 1. The molecule has 1 amide bonds. The summed E-state index contributed by atoms with van der Waals surface area (Å²) < 4.78 is 10.00. The summed E-state index contributed by atoms with van der Waals surface area (Å²) >= 11 is 4.89. The van der Waals surface area contributed by atoms with Crippen LogP contribution in [0, 0.1) is 13.8 Å². The first-order chi connectivity index (χ1) is 9.01. The summed E-state index contributed by atoms with van der Waals surface area (Å²) in [5.74, 6) is 0.825. The van der Waals surface area contributed by atoms with Crippen molar-refractivity contribution in [3.05, 3.63) is 29.3 Å². The van der Waals surface area contributed by atoms with Crippen LogP contribution in [0.4, 0.5) is 4.79 Å². The molecule has 0 heterocycles. The maximum atomic E-state index is 10.9. The van der Waals surface area contributed by atoms with Crippen LogP contribution in [0.2, 0.25) is 0 Å². The summed E-state index contributed by atoms with van der Waals surface area (Å²) in [6, 6.07) is 6.02. The highest BCUT2D eigenvalue weighted by molar-refractivity contribution is 7.80. The van der Waals surface area contributed by atoms with E-state index in [1.807, 2.05) is 26.0 Å². The van der Waals surface area contributed by atoms with E-state index in [-0.39, 0.29) is 5.11 Å². The highest BCUT2D eigenvalue weighted by Crippen LogP contribution is 2.15. The Bertz CT molecular complexity index is 443. The summed E-state index contributed by atoms with van der Waals surface area (Å²) in [5, 5.41) is 5.41. The molecular weight excluding hydrogens is 264 g/mol. The number of carbonyl (C=O) groups is 1. The van der Waals surface area contributed by atoms with E-state index in [0.29, 0.717) is 13.2 Å². The number of amides is 1. The number of methoxy groups -OCH3 is 1. The molecule has 6 heteroatoms. The molecule has 0 spiro atoms. The number of rotatable bonds is 4. The van der Waals surface area contributed by atoms with E-state index in [2.05, 4.69) is 21.4 Å². The zero-order valence-electron chi connectivity index (χ0n) is 11.3. The third-order valence-corrected chi connectivity index (χ3v) is 2.50. The molecule has 1 rings (SSSR count). The Morgan fingerprint density at radius 3 is 2.47 bits per heavy atom. The molecule has 0 saturated heterocycles. The van der Waals surface area contributed by atoms with Crippen LogP contribution in [0.5, 0.6) is 5.75 Å². The molecule has 0 aliphatic carbocycles. The van der Waals surface area contributed by atoms with E-state index in [4.69, 9.17) is 17.0 Å². The predicted octanol–water partition coefficient (Wildman–Crippen LogP) is 1.91. The van der Waals surface area contributed by atoms with E-state index >= 15 is 0 Å². The Kier molecular flexibility index (Phi) is 6.08. The minimum atomic E-state index is -0.590. The van der Waals surface area contributed by atoms with Gasteiger partial charge in [0.25, 0.3) is 0 Å². The Hall–Kier alpha value is -1.82. The summed E-state index contributed by atoms with van der Waals surface area (Å²) in [4.78, 5) is 10.9. The lowest BCUT2D eigenvalue weighted by Crippen LogP contribution is -2.40. The van der Waals surface area contributed by atoms with Gasteiger partial charge in [-0.2, -0.15) is 0 Å². The van der Waals surface area contributed by atoms with E-state index in [1.165, 1.54) is 7.11 Å². The van der Waals surface area contributed by atoms with Crippen molar-refractivity contribution >= 4 is 23.4 Å². The first-order valence-corrected chi connectivity index (χ1v) is 6.26. The van der Waals surface area contributed by atoms with Crippen LogP contribution in [0.1, 0.15) is 11.1 Å². The van der Waals surface area contributed by atoms with Gasteiger partial charge >= 0.3 is 6.09 Å². The monoisotopic (exact) mass is 282 g/mol. The van der Waals surface area contributed by atoms with Crippen molar-refractivity contribution in [2.75, 3.05) is 20.3 Å². The number of aryl methyl sites for hydroxylation is 2. The topological polar surface area (TPSA) is 59.6 Å². The Morgan fingerprint density at radius 2 is 1.89 bits per heavy atom. The fraction of sp³-hybridized carbons (Fsp3) is 0.385. The molecule has 0 unspecified atom stereocenters. The third-order valence-electron chi connectivity index (χ3n) is 2.25. The van der Waals surface area contributed by atoms with Gasteiger partial charge in [0.15, 0.2) is 5.11 Å². The van der Waals surface area contributed by atoms with Crippen molar-refractivity contribution < 1.29 is 14.3 Å². The highest BCUT2D eigenvalue weighted by Gasteiger charge is 2.02. The quantitative estimate of drug-likeness (QED) is 0.652. The first kappa shape index (κ1) is 15.2. The largest absolute Gasteiger partial charge is 0.492 e. The zero-order chi connectivity index (χ0) is 14.3. The summed E-state index contributed by atoms with van der Waals surface area (Å²) in [5.41, 5.74) is 2.32. The van der Waals surface area contributed by atoms with Gasteiger partial charge in [-0.15, -0.1) is 0 Å². The maximum absolute atomic E-state index is 10.9. The van der Waals surface area contributed by atoms with Gasteiger partial charge in [0.1, 0.15) is 12.4 Å². The molecule has 0 aliphatic heterocycles. The molecular formula is C13H18N2O3S. The fourth-order valence-corrected chi connectivity index (χ4v) is 1.72. The standard InChI is InChI=1S/C13H18N2O3S/c1-9-6-10(2)8-11(7-9)18-5-4-14-12(19)15-13(16)17-3/h6-8H,4-5H2,1-3H3,(H2,14,15,16,19). The van der Waals surface area contributed by atoms with E-state index in [9.17, 15) is 4.79 Å². The van der Waals surface area contributed by atoms with E-state index in [1.54, 1.807) is 0 Å². The van der Waals surface area contributed by atoms with Gasteiger partial charge < -0.3 is 14.8 Å². The van der Waals surface area contributed by atoms with Crippen LogP contribution in [-0.2, 0) is 4.74 Å². The second-order valence-corrected chi connectivity index (χ2v) is 4.45. The summed E-state index contributed by atoms with van der Waals surface area (Å²) in [7, 11) is 1.28. The van der Waals surface area contributed by atoms with Gasteiger partial charge in [0.2, 0.25) is 0 Å². The zero-order valence-corrected chi connectivity index (χ0v) is 12.1. The molecule has 0 saturated carbocycles. The van der Waals surface area contributed by atoms with Crippen molar-refractivity contribution in [2.24, 2.45) is 0 Å². The molecule has 0 aliphatic rings. The molecule has 0 aromatic heterocycles. The number of nitrogens with one attached hydrogen (secondary N) is 2. The fourth-order valence-electron chi connectivity index (χ4n) is 1.54. The van der Waals surface area contributed by atoms with Gasteiger partial charge in [-0.3, -0.25) is 5.32 Å². The number of carbonyl (C=O) groups excluding carboxylic acids is 1. The van der Waals surface area contributed by atoms with Crippen molar-refractivity contribution in [3.8, 4) is 5.75 Å². The lowest BCUT2D eigenvalue weighted by atomic mass is 10.1. The lowest BCUT2D eigenvalue weighted by molar-refractivity contribution is 0.176. The van der Waals surface area contributed by atoms with Crippen molar-refractivity contribution in [1.29, 1.82) is 0 Å². The molecule has 2 N–H and O–H groups in total. The molecule has 0 fully saturated rings. The second-order valence-electron chi connectivity index (χ2n) is 4.04. The number of benzene rings is 1. The Balaban J connectivity index is 2.27. The van der Waals surface area contributed by atoms with E-state index < -0.39 is 6.09 Å². The molecule has 0 bridgehead atoms. The van der Waals surface area contributed by atoms with Crippen LogP contribution in [0.25, 0.3) is 0 Å². The maximum Gasteiger partial charge on any atom is 0.413 e. The van der Waals surface area contributed by atoms with Gasteiger partial charge in [0, 0.05) is 0 Å². The molecule has 19 heavy (non-hydrogen) atoms. The SMILES string of the molecule is COC(=O)NC(=S)NCCOc1cc(C)cc(C)c1. The first-order valence-electron chi connectivity index (χ1n) is 5.85. The number of hydrogen-bond acceptors (Lipinski definition) is 4. The molecule has 5 nitrogen and oxygen atoms in total. The average molecular weight is 282 g/mol. The minimum absolute atomic E-state index is 0.218. The number of thiocarbonyl (C=S) groups is 1. The highest BCUT2D eigenvalue weighted by atomic mass is 32.1. The van der Waals surface area contributed by atoms with Crippen molar-refractivity contribution in [1.82, 2.24) is 10.6 Å². The van der Waals surface area contributed by atoms with Gasteiger partial charge in [-0.1, -0.05) is 6.07 Å². The average Bonchev–Trinajstić information content (AvgIpc) is 2.33. The molecule has 1 aromatic rings. The van der Waals surface area contributed by atoms with Gasteiger partial charge in [-0.25, -0.2) is 4.79 Å². The number of hydrogen-bond donors (Lipinski definition) is 2. The normalized spacial score (nSPS) is 9.63. The van der Waals surface area contributed by atoms with E-state index in [0.717, 1.165) is 16.9 Å². The van der Waals surface area contributed by atoms with Crippen LogP contribution < -0.4 is 15.4 Å². The third kappa shape index (κ3) is 6.05.